The molecule has 4 rings (SSSR count). The van der Waals surface area contributed by atoms with Gasteiger partial charge < -0.3 is 13.9 Å². The second kappa shape index (κ2) is 10.7. The summed E-state index contributed by atoms with van der Waals surface area (Å²) in [4.78, 5) is 12.5. The van der Waals surface area contributed by atoms with E-state index >= 15 is 0 Å². The number of carbonyl (C=O) groups is 1. The number of furan rings is 1. The molecule has 0 saturated carbocycles. The summed E-state index contributed by atoms with van der Waals surface area (Å²) >= 11 is 11.9. The maximum atomic E-state index is 13.9. The molecule has 1 heterocycles. The summed E-state index contributed by atoms with van der Waals surface area (Å²) in [6, 6.07) is 15.0. The molecule has 0 spiro atoms. The summed E-state index contributed by atoms with van der Waals surface area (Å²) in [6.45, 7) is -0.0146. The number of rotatable bonds is 7. The molecule has 174 valence electrons. The van der Waals surface area contributed by atoms with Crippen molar-refractivity contribution in [2.75, 3.05) is 7.11 Å². The third-order valence-electron chi connectivity index (χ3n) is 4.72. The van der Waals surface area contributed by atoms with Crippen molar-refractivity contribution in [3.05, 3.63) is 90.4 Å². The van der Waals surface area contributed by atoms with Crippen LogP contribution in [-0.2, 0) is 6.61 Å². The topological polar surface area (TPSA) is 73.1 Å². The average Bonchev–Trinajstić information content (AvgIpc) is 3.23. The van der Waals surface area contributed by atoms with Crippen LogP contribution in [0, 0.1) is 9.39 Å². The molecule has 0 radical (unpaired) electrons. The first kappa shape index (κ1) is 24.5. The maximum Gasteiger partial charge on any atom is 0.307 e. The quantitative estimate of drug-likeness (QED) is 0.133. The van der Waals surface area contributed by atoms with Crippen LogP contribution < -0.4 is 14.9 Å². The number of hydrogen-bond acceptors (Lipinski definition) is 5. The van der Waals surface area contributed by atoms with Gasteiger partial charge in [0.1, 0.15) is 18.0 Å². The van der Waals surface area contributed by atoms with E-state index in [1.807, 2.05) is 12.1 Å². The first-order chi connectivity index (χ1) is 16.4. The van der Waals surface area contributed by atoms with Crippen molar-refractivity contribution in [3.8, 4) is 11.5 Å². The van der Waals surface area contributed by atoms with E-state index < -0.39 is 5.91 Å². The zero-order chi connectivity index (χ0) is 24.2. The fourth-order valence-electron chi connectivity index (χ4n) is 3.13. The molecule has 0 fully saturated rings. The molecule has 6 nitrogen and oxygen atoms in total. The lowest BCUT2D eigenvalue weighted by Crippen LogP contribution is -2.16. The molecule has 0 unspecified atom stereocenters. The summed E-state index contributed by atoms with van der Waals surface area (Å²) in [7, 11) is 1.46. The highest BCUT2D eigenvalue weighted by Crippen LogP contribution is 2.36. The van der Waals surface area contributed by atoms with Crippen molar-refractivity contribution in [2.45, 2.75) is 6.61 Å². The van der Waals surface area contributed by atoms with Crippen molar-refractivity contribution >= 4 is 73.2 Å². The number of fused-ring (bicyclic) bond motifs is 1. The highest BCUT2D eigenvalue weighted by molar-refractivity contribution is 14.1. The normalized spacial score (nSPS) is 11.2. The van der Waals surface area contributed by atoms with E-state index in [1.54, 1.807) is 36.4 Å². The fraction of sp³-hybridized carbons (Fsp3) is 0.0833. The monoisotopic (exact) mass is 656 g/mol. The van der Waals surface area contributed by atoms with E-state index in [9.17, 15) is 9.18 Å². The minimum atomic E-state index is -0.498. The van der Waals surface area contributed by atoms with Crippen molar-refractivity contribution in [1.82, 2.24) is 5.43 Å². The van der Waals surface area contributed by atoms with E-state index in [0.717, 1.165) is 13.4 Å². The van der Waals surface area contributed by atoms with E-state index in [1.165, 1.54) is 19.4 Å². The number of benzene rings is 3. The third-order valence-corrected chi connectivity index (χ3v) is 6.26. The van der Waals surface area contributed by atoms with E-state index in [0.29, 0.717) is 22.5 Å². The lowest BCUT2D eigenvalue weighted by atomic mass is 10.2. The summed E-state index contributed by atoms with van der Waals surface area (Å²) in [6.07, 6.45) is 1.41. The predicted molar refractivity (Wildman–Crippen MR) is 140 cm³/mol. The first-order valence-corrected chi connectivity index (χ1v) is 12.1. The van der Waals surface area contributed by atoms with Crippen molar-refractivity contribution in [1.29, 1.82) is 0 Å². The largest absolute Gasteiger partial charge is 0.493 e. The van der Waals surface area contributed by atoms with E-state index in [4.69, 9.17) is 25.5 Å². The van der Waals surface area contributed by atoms with Crippen LogP contribution in [0.4, 0.5) is 4.39 Å². The molecule has 0 atom stereocenters. The summed E-state index contributed by atoms with van der Waals surface area (Å²) in [5.74, 6) is -0.118. The average molecular weight is 658 g/mol. The van der Waals surface area contributed by atoms with Gasteiger partial charge in [-0.2, -0.15) is 5.10 Å². The van der Waals surface area contributed by atoms with Crippen LogP contribution >= 0.6 is 50.1 Å². The lowest BCUT2D eigenvalue weighted by Gasteiger charge is -2.13. The highest BCUT2D eigenvalue weighted by atomic mass is 127. The van der Waals surface area contributed by atoms with Crippen LogP contribution in [0.25, 0.3) is 11.0 Å². The van der Waals surface area contributed by atoms with Gasteiger partial charge in [-0.15, -0.1) is 0 Å². The lowest BCUT2D eigenvalue weighted by molar-refractivity contribution is 0.0929. The number of nitrogens with one attached hydrogen (secondary N) is 1. The Morgan fingerprint density at radius 1 is 1.26 bits per heavy atom. The molecule has 10 heteroatoms. The standard InChI is InChI=1S/C24H16BrClFIN2O4/c1-32-20-7-13(6-17(26)23(20)33-12-14-4-2-3-5-18(14)27)11-29-30-24(31)21-9-15-8-16(25)10-19(28)22(15)34-21/h2-11H,12H2,1H3,(H,30,31)/b29-11-. The van der Waals surface area contributed by atoms with Crippen LogP contribution in [0.1, 0.15) is 21.7 Å². The number of nitrogens with zero attached hydrogens (tertiary/aromatic N) is 1. The van der Waals surface area contributed by atoms with Crippen molar-refractivity contribution in [2.24, 2.45) is 5.10 Å². The molecule has 1 aromatic heterocycles. The molecule has 0 aliphatic heterocycles. The van der Waals surface area contributed by atoms with Crippen LogP contribution in [0.5, 0.6) is 11.5 Å². The molecule has 0 aliphatic rings. The first-order valence-electron chi connectivity index (χ1n) is 9.81. The van der Waals surface area contributed by atoms with Gasteiger partial charge in [0.15, 0.2) is 17.3 Å². The number of ether oxygens (including phenoxy) is 2. The number of carbonyl (C=O) groups excluding carboxylic acids is 1. The Bertz CT molecular complexity index is 1410. The SMILES string of the molecule is COc1cc(/C=N\NC(=O)c2cc3cc(Br)cc(I)c3o2)cc(Cl)c1OCc1ccccc1F. The molecule has 4 aromatic rings. The van der Waals surface area contributed by atoms with Crippen LogP contribution in [0.2, 0.25) is 5.02 Å². The van der Waals surface area contributed by atoms with Gasteiger partial charge in [0.25, 0.3) is 0 Å². The predicted octanol–water partition coefficient (Wildman–Crippen LogP) is 6.94. The zero-order valence-electron chi connectivity index (χ0n) is 17.6. The zero-order valence-corrected chi connectivity index (χ0v) is 22.1. The van der Waals surface area contributed by atoms with E-state index in [-0.39, 0.29) is 29.0 Å². The summed E-state index contributed by atoms with van der Waals surface area (Å²) in [5, 5.41) is 5.03. The molecule has 1 amide bonds. The Labute approximate surface area is 221 Å². The second-order valence-electron chi connectivity index (χ2n) is 7.03. The van der Waals surface area contributed by atoms with Gasteiger partial charge in [0, 0.05) is 15.4 Å². The smallest absolute Gasteiger partial charge is 0.307 e. The van der Waals surface area contributed by atoms with Crippen molar-refractivity contribution in [3.63, 3.8) is 0 Å². The van der Waals surface area contributed by atoms with Gasteiger partial charge in [-0.05, 0) is 64.6 Å². The minimum absolute atomic E-state index is 0.0146. The maximum absolute atomic E-state index is 13.9. The van der Waals surface area contributed by atoms with Gasteiger partial charge in [-0.1, -0.05) is 45.7 Å². The third kappa shape index (κ3) is 5.53. The van der Waals surface area contributed by atoms with Gasteiger partial charge in [-0.3, -0.25) is 4.79 Å². The Kier molecular flexibility index (Phi) is 7.74. The fourth-order valence-corrected chi connectivity index (χ4v) is 5.06. The minimum Gasteiger partial charge on any atom is -0.493 e. The molecular formula is C24H16BrClFIN2O4. The second-order valence-corrected chi connectivity index (χ2v) is 9.52. The molecule has 3 aromatic carbocycles. The molecule has 0 aliphatic carbocycles. The molecular weight excluding hydrogens is 642 g/mol. The Morgan fingerprint density at radius 3 is 2.82 bits per heavy atom. The Balaban J connectivity index is 1.46. The van der Waals surface area contributed by atoms with Crippen LogP contribution in [0.3, 0.4) is 0 Å². The van der Waals surface area contributed by atoms with Gasteiger partial charge in [0.2, 0.25) is 0 Å². The van der Waals surface area contributed by atoms with Gasteiger partial charge >= 0.3 is 5.91 Å². The van der Waals surface area contributed by atoms with Crippen LogP contribution in [0.15, 0.2) is 68.6 Å². The molecule has 1 N–H and O–H groups in total. The van der Waals surface area contributed by atoms with Crippen LogP contribution in [-0.4, -0.2) is 19.2 Å². The number of hydrogen-bond donors (Lipinski definition) is 1. The number of methoxy groups -OCH3 is 1. The van der Waals surface area contributed by atoms with Crippen molar-refractivity contribution < 1.29 is 23.1 Å². The Morgan fingerprint density at radius 2 is 2.06 bits per heavy atom. The van der Waals surface area contributed by atoms with Gasteiger partial charge in [-0.25, -0.2) is 9.82 Å². The number of halogens is 4. The van der Waals surface area contributed by atoms with E-state index in [2.05, 4.69) is 49.0 Å². The highest BCUT2D eigenvalue weighted by Gasteiger charge is 2.15. The number of hydrazone groups is 1. The summed E-state index contributed by atoms with van der Waals surface area (Å²) < 4.78 is 32.4. The Hall–Kier alpha value is -2.63. The summed E-state index contributed by atoms with van der Waals surface area (Å²) in [5.41, 5.74) is 4.01. The molecule has 0 bridgehead atoms. The molecule has 34 heavy (non-hydrogen) atoms. The number of amides is 1. The molecule has 0 saturated heterocycles. The van der Waals surface area contributed by atoms with Gasteiger partial charge in [0.05, 0.1) is 21.9 Å².